The highest BCUT2D eigenvalue weighted by Crippen LogP contribution is 2.17. The molecule has 0 aliphatic heterocycles. The van der Waals surface area contributed by atoms with Crippen LogP contribution in [0.2, 0.25) is 0 Å². The Labute approximate surface area is 108 Å². The summed E-state index contributed by atoms with van der Waals surface area (Å²) in [7, 11) is 0. The summed E-state index contributed by atoms with van der Waals surface area (Å²) in [6, 6.07) is 0.754. The van der Waals surface area contributed by atoms with Crippen LogP contribution in [0.15, 0.2) is 9.32 Å². The van der Waals surface area contributed by atoms with Gasteiger partial charge in [0, 0.05) is 6.04 Å². The number of hydrogen-bond donors (Lipinski definition) is 2. The first-order valence-electron chi connectivity index (χ1n) is 7.03. The minimum atomic E-state index is -0.259. The maximum atomic E-state index is 11.6. The number of nitrogens with one attached hydrogen (secondary N) is 2. The summed E-state index contributed by atoms with van der Waals surface area (Å²) in [6.07, 6.45) is 7.72. The summed E-state index contributed by atoms with van der Waals surface area (Å²) >= 11 is 0. The SMILES string of the molecule is CC(C)[n+]1[nH]oc(=O)c1CNC1CCCCCC1. The summed E-state index contributed by atoms with van der Waals surface area (Å²) in [4.78, 5) is 11.6. The minimum absolute atomic E-state index is 0.211. The molecule has 1 heterocycles. The molecule has 0 unspecified atom stereocenters. The third-order valence-electron chi connectivity index (χ3n) is 3.69. The van der Waals surface area contributed by atoms with Crippen molar-refractivity contribution in [3.8, 4) is 0 Å². The van der Waals surface area contributed by atoms with Crippen LogP contribution in [0.3, 0.4) is 0 Å². The molecule has 1 fully saturated rings. The van der Waals surface area contributed by atoms with E-state index in [0.29, 0.717) is 18.3 Å². The quantitative estimate of drug-likeness (QED) is 0.634. The summed E-state index contributed by atoms with van der Waals surface area (Å²) in [5.41, 5.74) is 0.430. The zero-order valence-electron chi connectivity index (χ0n) is 11.4. The van der Waals surface area contributed by atoms with E-state index < -0.39 is 0 Å². The standard InChI is InChI=1S/C13H23N3O2/c1-10(2)16-12(13(17)18-15-16)9-14-11-7-5-3-4-6-8-11/h10-11,14H,3-9H2,1-2H3/p+1. The first-order valence-corrected chi connectivity index (χ1v) is 7.03. The smallest absolute Gasteiger partial charge is 0.304 e. The summed E-state index contributed by atoms with van der Waals surface area (Å²) < 4.78 is 6.66. The maximum absolute atomic E-state index is 11.6. The lowest BCUT2D eigenvalue weighted by molar-refractivity contribution is -0.785. The average Bonchev–Trinajstić information content (AvgIpc) is 2.56. The van der Waals surface area contributed by atoms with Crippen molar-refractivity contribution in [2.75, 3.05) is 0 Å². The third kappa shape index (κ3) is 3.22. The van der Waals surface area contributed by atoms with Crippen LogP contribution in [-0.2, 0) is 6.54 Å². The van der Waals surface area contributed by atoms with Crippen LogP contribution >= 0.6 is 0 Å². The Bertz CT molecular complexity index is 414. The van der Waals surface area contributed by atoms with Gasteiger partial charge in [0.1, 0.15) is 0 Å². The van der Waals surface area contributed by atoms with Crippen molar-refractivity contribution < 1.29 is 9.20 Å². The van der Waals surface area contributed by atoms with Crippen LogP contribution in [0.25, 0.3) is 0 Å². The Kier molecular flexibility index (Phi) is 4.58. The monoisotopic (exact) mass is 254 g/mol. The van der Waals surface area contributed by atoms with E-state index >= 15 is 0 Å². The van der Waals surface area contributed by atoms with Crippen LogP contribution in [0.1, 0.15) is 64.1 Å². The lowest BCUT2D eigenvalue weighted by atomic mass is 10.1. The zero-order chi connectivity index (χ0) is 13.0. The number of aromatic amines is 1. The van der Waals surface area contributed by atoms with Gasteiger partial charge in [0.25, 0.3) is 0 Å². The zero-order valence-corrected chi connectivity index (χ0v) is 11.4. The molecule has 0 spiro atoms. The van der Waals surface area contributed by atoms with Crippen molar-refractivity contribution in [1.29, 1.82) is 0 Å². The van der Waals surface area contributed by atoms with E-state index in [1.165, 1.54) is 38.5 Å². The van der Waals surface area contributed by atoms with Gasteiger partial charge >= 0.3 is 11.3 Å². The van der Waals surface area contributed by atoms with E-state index in [9.17, 15) is 4.79 Å². The Balaban J connectivity index is 1.96. The number of rotatable bonds is 4. The lowest BCUT2D eigenvalue weighted by Gasteiger charge is -2.14. The second kappa shape index (κ2) is 6.18. The Morgan fingerprint density at radius 2 is 2.00 bits per heavy atom. The van der Waals surface area contributed by atoms with E-state index in [2.05, 4.69) is 10.6 Å². The van der Waals surface area contributed by atoms with Gasteiger partial charge in [0.05, 0.1) is 6.54 Å². The first-order chi connectivity index (χ1) is 8.68. The second-order valence-electron chi connectivity index (χ2n) is 5.46. The number of aromatic nitrogens is 2. The number of nitrogens with zero attached hydrogens (tertiary/aromatic N) is 1. The van der Waals surface area contributed by atoms with Gasteiger partial charge in [0.2, 0.25) is 0 Å². The topological polar surface area (TPSA) is 61.9 Å². The molecule has 1 saturated carbocycles. The van der Waals surface area contributed by atoms with Crippen molar-refractivity contribution in [2.24, 2.45) is 0 Å². The number of hydrogen-bond acceptors (Lipinski definition) is 3. The van der Waals surface area contributed by atoms with Crippen LogP contribution in [0.5, 0.6) is 0 Å². The van der Waals surface area contributed by atoms with Gasteiger partial charge < -0.3 is 5.32 Å². The highest BCUT2D eigenvalue weighted by Gasteiger charge is 2.24. The van der Waals surface area contributed by atoms with Gasteiger partial charge in [-0.25, -0.2) is 4.79 Å². The molecule has 1 aromatic rings. The molecule has 18 heavy (non-hydrogen) atoms. The molecule has 0 saturated heterocycles. The van der Waals surface area contributed by atoms with Crippen LogP contribution in [0.4, 0.5) is 0 Å². The van der Waals surface area contributed by atoms with Crippen molar-refractivity contribution in [3.05, 3.63) is 16.1 Å². The molecule has 0 radical (unpaired) electrons. The van der Waals surface area contributed by atoms with Crippen LogP contribution in [0, 0.1) is 0 Å². The molecule has 0 aromatic carbocycles. The molecule has 1 aliphatic carbocycles. The molecular weight excluding hydrogens is 230 g/mol. The average molecular weight is 254 g/mol. The maximum Gasteiger partial charge on any atom is 0.431 e. The third-order valence-corrected chi connectivity index (χ3v) is 3.69. The normalized spacial score (nSPS) is 18.2. The van der Waals surface area contributed by atoms with E-state index in [0.717, 1.165) is 0 Å². The van der Waals surface area contributed by atoms with Crippen molar-refractivity contribution in [2.45, 2.75) is 71.0 Å². The van der Waals surface area contributed by atoms with Gasteiger partial charge in [-0.15, -0.1) is 0 Å². The largest absolute Gasteiger partial charge is 0.431 e. The predicted molar refractivity (Wildman–Crippen MR) is 68.2 cm³/mol. The number of H-pyrrole nitrogens is 1. The molecule has 1 aromatic heterocycles. The Morgan fingerprint density at radius 3 is 2.61 bits per heavy atom. The Hall–Kier alpha value is -1.10. The Morgan fingerprint density at radius 1 is 1.33 bits per heavy atom. The fourth-order valence-corrected chi connectivity index (χ4v) is 2.60. The second-order valence-corrected chi connectivity index (χ2v) is 5.46. The minimum Gasteiger partial charge on any atom is -0.304 e. The molecule has 2 rings (SSSR count). The van der Waals surface area contributed by atoms with Gasteiger partial charge in [-0.3, -0.25) is 4.52 Å². The van der Waals surface area contributed by atoms with E-state index in [4.69, 9.17) is 4.52 Å². The molecule has 5 nitrogen and oxygen atoms in total. The van der Waals surface area contributed by atoms with E-state index in [1.54, 1.807) is 4.68 Å². The molecule has 0 amide bonds. The van der Waals surface area contributed by atoms with Gasteiger partial charge in [-0.1, -0.05) is 30.4 Å². The van der Waals surface area contributed by atoms with Crippen molar-refractivity contribution in [3.63, 3.8) is 0 Å². The molecular formula is C13H24N3O2+. The predicted octanol–water partition coefficient (Wildman–Crippen LogP) is 1.65. The molecule has 2 N–H and O–H groups in total. The highest BCUT2D eigenvalue weighted by atomic mass is 16.5. The summed E-state index contributed by atoms with van der Waals surface area (Å²) in [6.45, 7) is 4.65. The first kappa shape index (κ1) is 13.3. The molecule has 5 heteroatoms. The molecule has 0 atom stereocenters. The fourth-order valence-electron chi connectivity index (χ4n) is 2.60. The molecule has 0 bridgehead atoms. The summed E-state index contributed by atoms with van der Waals surface area (Å²) in [5, 5.41) is 6.16. The van der Waals surface area contributed by atoms with Gasteiger partial charge in [0.15, 0.2) is 6.04 Å². The van der Waals surface area contributed by atoms with Crippen LogP contribution < -0.4 is 15.6 Å². The molecule has 102 valence electrons. The van der Waals surface area contributed by atoms with Crippen molar-refractivity contribution >= 4 is 0 Å². The van der Waals surface area contributed by atoms with Crippen LogP contribution in [-0.4, -0.2) is 11.3 Å². The van der Waals surface area contributed by atoms with E-state index in [-0.39, 0.29) is 11.7 Å². The van der Waals surface area contributed by atoms with Crippen molar-refractivity contribution in [1.82, 2.24) is 10.6 Å². The highest BCUT2D eigenvalue weighted by molar-refractivity contribution is 4.84. The van der Waals surface area contributed by atoms with Gasteiger partial charge in [-0.2, -0.15) is 0 Å². The van der Waals surface area contributed by atoms with Gasteiger partial charge in [-0.05, 0) is 32.0 Å². The van der Waals surface area contributed by atoms with E-state index in [1.807, 2.05) is 13.8 Å². The summed E-state index contributed by atoms with van der Waals surface area (Å²) in [5.74, 6) is 0. The lowest BCUT2D eigenvalue weighted by Crippen LogP contribution is -2.46. The fraction of sp³-hybridized carbons (Fsp3) is 0.846. The molecule has 1 aliphatic rings.